The zero-order chi connectivity index (χ0) is 38.2. The number of aldehydes is 1. The molecule has 3 heteroatoms. The van der Waals surface area contributed by atoms with Gasteiger partial charge >= 0.3 is 0 Å². The lowest BCUT2D eigenvalue weighted by molar-refractivity contribution is -0.117. The third kappa shape index (κ3) is 14.2. The van der Waals surface area contributed by atoms with E-state index in [0.29, 0.717) is 12.5 Å². The van der Waals surface area contributed by atoms with E-state index < -0.39 is 0 Å². The molecule has 2 aromatic rings. The van der Waals surface area contributed by atoms with Crippen LogP contribution in [0.2, 0.25) is 0 Å². The minimum Gasteiger partial charge on any atom is -0.337 e. The second-order valence-electron chi connectivity index (χ2n) is 13.5. The molecule has 1 aromatic heterocycles. The van der Waals surface area contributed by atoms with Crippen LogP contribution in [0.1, 0.15) is 156 Å². The number of hydrogen-bond acceptors (Lipinski definition) is 2. The van der Waals surface area contributed by atoms with Crippen molar-refractivity contribution in [2.24, 2.45) is 17.8 Å². The molecule has 50 heavy (non-hydrogen) atoms. The molecule has 280 valence electrons. The van der Waals surface area contributed by atoms with Gasteiger partial charge in [-0.15, -0.1) is 0 Å². The first-order chi connectivity index (χ1) is 24.0. The second-order valence-corrected chi connectivity index (χ2v) is 13.5. The Kier molecular flexibility index (Phi) is 24.9. The number of allylic oxidation sites excluding steroid dienone is 8. The van der Waals surface area contributed by atoms with Crippen LogP contribution in [0, 0.1) is 31.6 Å². The SMILES string of the molecule is C=C/C(=C(\C=C/C(C)CC)C1=CCCCC1)c1c(C)n(CC=O)c2c(C)cc(CC)cc12.C=CC(=O)C(C)CC.CC.CCCC(CC)CC. The number of carbonyl (C=O) groups is 2. The highest BCUT2D eigenvalue weighted by molar-refractivity contribution is 6.01. The van der Waals surface area contributed by atoms with Gasteiger partial charge in [0.1, 0.15) is 6.29 Å². The molecule has 0 amide bonds. The zero-order valence-corrected chi connectivity index (χ0v) is 34.5. The first-order valence-corrected chi connectivity index (χ1v) is 20.0. The van der Waals surface area contributed by atoms with E-state index in [4.69, 9.17) is 0 Å². The molecule has 0 radical (unpaired) electrons. The summed E-state index contributed by atoms with van der Waals surface area (Å²) in [4.78, 5) is 22.2. The Balaban J connectivity index is 0.00000110. The summed E-state index contributed by atoms with van der Waals surface area (Å²) in [6.07, 6.45) is 24.8. The Labute approximate surface area is 309 Å². The molecule has 1 aliphatic carbocycles. The first kappa shape index (κ1) is 46.8. The van der Waals surface area contributed by atoms with Gasteiger partial charge in [0, 0.05) is 22.6 Å². The predicted octanol–water partition coefficient (Wildman–Crippen LogP) is 14.1. The fraction of sp³-hybridized carbons (Fsp3) is 0.574. The number of aryl methyl sites for hydroxylation is 2. The van der Waals surface area contributed by atoms with Gasteiger partial charge in [-0.1, -0.05) is 145 Å². The highest BCUT2D eigenvalue weighted by Crippen LogP contribution is 2.39. The van der Waals surface area contributed by atoms with Crippen molar-refractivity contribution in [3.8, 4) is 0 Å². The average molecular weight is 686 g/mol. The van der Waals surface area contributed by atoms with Crippen molar-refractivity contribution in [1.29, 1.82) is 0 Å². The standard InChI is InChI=1S/C30H39NO.C8H18.C7H12O.C2H6/c1-7-21(4)15-16-27(25-13-11-10-12-14-25)26(9-3)29-23(6)31(17-18-32)30-22(5)19-24(8-2)20-28(29)30;1-4-7-8(5-2)6-3;1-4-6(3)7(8)5-2;1-2/h9,13,15-16,18-21H,3,7-8,10-12,14,17H2,1-2,4-6H3;8H,4-7H2,1-3H3;5-6H,2,4H2,1,3H3;1-2H3/b16-15-,27-26-;;;. The molecule has 0 fully saturated rings. The maximum absolute atomic E-state index is 11.6. The summed E-state index contributed by atoms with van der Waals surface area (Å²) in [7, 11) is 0. The predicted molar refractivity (Wildman–Crippen MR) is 224 cm³/mol. The highest BCUT2D eigenvalue weighted by Gasteiger charge is 2.21. The van der Waals surface area contributed by atoms with Crippen LogP contribution in [0.5, 0.6) is 0 Å². The zero-order valence-electron chi connectivity index (χ0n) is 34.5. The van der Waals surface area contributed by atoms with Gasteiger partial charge in [0.15, 0.2) is 5.78 Å². The highest BCUT2D eigenvalue weighted by atomic mass is 16.1. The van der Waals surface area contributed by atoms with Crippen molar-refractivity contribution in [1.82, 2.24) is 4.57 Å². The number of fused-ring (bicyclic) bond motifs is 1. The van der Waals surface area contributed by atoms with Gasteiger partial charge in [-0.05, 0) is 104 Å². The van der Waals surface area contributed by atoms with Gasteiger partial charge < -0.3 is 9.36 Å². The van der Waals surface area contributed by atoms with Crippen molar-refractivity contribution in [3.05, 3.63) is 89.2 Å². The van der Waals surface area contributed by atoms with Gasteiger partial charge in [0.05, 0.1) is 12.1 Å². The summed E-state index contributed by atoms with van der Waals surface area (Å²) in [6.45, 7) is 33.8. The van der Waals surface area contributed by atoms with Crippen LogP contribution < -0.4 is 0 Å². The van der Waals surface area contributed by atoms with Crippen molar-refractivity contribution >= 4 is 28.5 Å². The van der Waals surface area contributed by atoms with E-state index in [-0.39, 0.29) is 11.7 Å². The molecule has 0 saturated heterocycles. The normalized spacial score (nSPS) is 14.2. The van der Waals surface area contributed by atoms with E-state index in [1.54, 1.807) is 0 Å². The Morgan fingerprint density at radius 2 is 1.56 bits per heavy atom. The van der Waals surface area contributed by atoms with Crippen molar-refractivity contribution < 1.29 is 9.59 Å². The fourth-order valence-electron chi connectivity index (χ4n) is 6.45. The van der Waals surface area contributed by atoms with Crippen LogP contribution in [0.15, 0.2) is 66.8 Å². The summed E-state index contributed by atoms with van der Waals surface area (Å²) in [5.74, 6) is 1.84. The smallest absolute Gasteiger partial charge is 0.157 e. The number of carbonyl (C=O) groups excluding carboxylic acids is 2. The van der Waals surface area contributed by atoms with Crippen molar-refractivity contribution in [3.63, 3.8) is 0 Å². The third-order valence-corrected chi connectivity index (χ3v) is 10.1. The van der Waals surface area contributed by atoms with Crippen LogP contribution in [0.3, 0.4) is 0 Å². The largest absolute Gasteiger partial charge is 0.337 e. The van der Waals surface area contributed by atoms with E-state index >= 15 is 0 Å². The van der Waals surface area contributed by atoms with Gasteiger partial charge in [0.25, 0.3) is 0 Å². The van der Waals surface area contributed by atoms with Crippen LogP contribution >= 0.6 is 0 Å². The number of rotatable bonds is 16. The summed E-state index contributed by atoms with van der Waals surface area (Å²) >= 11 is 0. The Hall–Kier alpha value is -3.20. The van der Waals surface area contributed by atoms with Gasteiger partial charge in [-0.25, -0.2) is 0 Å². The maximum atomic E-state index is 11.6. The number of aromatic nitrogens is 1. The molecule has 0 saturated carbocycles. The molecular formula is C47H75NO2. The lowest BCUT2D eigenvalue weighted by atomic mass is 9.86. The van der Waals surface area contributed by atoms with Crippen LogP contribution in [-0.4, -0.2) is 16.6 Å². The van der Waals surface area contributed by atoms with Crippen LogP contribution in [0.4, 0.5) is 0 Å². The number of nitrogens with zero attached hydrogens (tertiary/aromatic N) is 1. The average Bonchev–Trinajstić information content (AvgIpc) is 3.43. The fourth-order valence-corrected chi connectivity index (χ4v) is 6.45. The van der Waals surface area contributed by atoms with Crippen molar-refractivity contribution in [2.75, 3.05) is 0 Å². The van der Waals surface area contributed by atoms with Gasteiger partial charge in [0.2, 0.25) is 0 Å². The molecule has 0 spiro atoms. The van der Waals surface area contributed by atoms with E-state index in [1.165, 1.54) is 88.9 Å². The summed E-state index contributed by atoms with van der Waals surface area (Å²) in [5, 5.41) is 1.24. The molecule has 1 aromatic carbocycles. The molecule has 2 atom stereocenters. The molecule has 0 bridgehead atoms. The lowest BCUT2D eigenvalue weighted by Crippen LogP contribution is -2.04. The van der Waals surface area contributed by atoms with Gasteiger partial charge in [-0.3, -0.25) is 4.79 Å². The topological polar surface area (TPSA) is 39.1 Å². The molecule has 1 aliphatic rings. The van der Waals surface area contributed by atoms with Crippen LogP contribution in [-0.2, 0) is 22.6 Å². The molecule has 0 N–H and O–H groups in total. The molecule has 2 unspecified atom stereocenters. The first-order valence-electron chi connectivity index (χ1n) is 20.0. The summed E-state index contributed by atoms with van der Waals surface area (Å²) in [5.41, 5.74) is 10.0. The van der Waals surface area contributed by atoms with Crippen LogP contribution in [0.25, 0.3) is 16.5 Å². The number of ketones is 1. The van der Waals surface area contributed by atoms with Crippen molar-refractivity contribution in [2.45, 2.75) is 160 Å². The van der Waals surface area contributed by atoms with E-state index in [1.807, 2.05) is 33.8 Å². The third-order valence-electron chi connectivity index (χ3n) is 10.1. The Bertz CT molecular complexity index is 1410. The minimum atomic E-state index is 0.146. The lowest BCUT2D eigenvalue weighted by Gasteiger charge is -2.18. The van der Waals surface area contributed by atoms with E-state index in [0.717, 1.165) is 50.0 Å². The minimum absolute atomic E-state index is 0.146. The molecule has 3 nitrogen and oxygen atoms in total. The number of benzene rings is 1. The molecule has 0 aliphatic heterocycles. The maximum Gasteiger partial charge on any atom is 0.157 e. The van der Waals surface area contributed by atoms with E-state index in [2.05, 4.69) is 103 Å². The molecular weight excluding hydrogens is 611 g/mol. The Morgan fingerprint density at radius 1 is 0.900 bits per heavy atom. The Morgan fingerprint density at radius 3 is 1.98 bits per heavy atom. The summed E-state index contributed by atoms with van der Waals surface area (Å²) < 4.78 is 2.18. The monoisotopic (exact) mass is 686 g/mol. The molecule has 3 rings (SSSR count). The second kappa shape index (κ2) is 26.6. The van der Waals surface area contributed by atoms with Gasteiger partial charge in [-0.2, -0.15) is 0 Å². The van der Waals surface area contributed by atoms with E-state index in [9.17, 15) is 9.59 Å². The molecule has 1 heterocycles. The quantitative estimate of drug-likeness (QED) is 0.100. The number of hydrogen-bond donors (Lipinski definition) is 0. The summed E-state index contributed by atoms with van der Waals surface area (Å²) in [6, 6.07) is 4.58.